The minimum atomic E-state index is -3.79. The molecule has 1 N–H and O–H groups in total. The van der Waals surface area contributed by atoms with Gasteiger partial charge in [0.2, 0.25) is 21.8 Å². The largest absolute Gasteiger partial charge is 0.354 e. The normalized spacial score (nSPS) is 12.2. The van der Waals surface area contributed by atoms with Crippen LogP contribution in [0.4, 0.5) is 5.69 Å². The summed E-state index contributed by atoms with van der Waals surface area (Å²) in [5.41, 5.74) is 0.803. The van der Waals surface area contributed by atoms with Crippen LogP contribution in [0.5, 0.6) is 0 Å². The van der Waals surface area contributed by atoms with Crippen molar-refractivity contribution < 1.29 is 18.0 Å². The zero-order chi connectivity index (χ0) is 25.5. The summed E-state index contributed by atoms with van der Waals surface area (Å²) in [5.74, 6) is -0.915. The third-order valence-electron chi connectivity index (χ3n) is 5.18. The van der Waals surface area contributed by atoms with Gasteiger partial charge in [-0.2, -0.15) is 0 Å². The van der Waals surface area contributed by atoms with E-state index in [-0.39, 0.29) is 12.5 Å². The van der Waals surface area contributed by atoms with Gasteiger partial charge in [-0.15, -0.1) is 0 Å². The van der Waals surface area contributed by atoms with Crippen molar-refractivity contribution in [3.63, 3.8) is 0 Å². The Kier molecular flexibility index (Phi) is 10.7. The van der Waals surface area contributed by atoms with E-state index in [1.807, 2.05) is 6.92 Å². The van der Waals surface area contributed by atoms with Crippen molar-refractivity contribution in [2.45, 2.75) is 39.3 Å². The number of rotatable bonds is 11. The average molecular weight is 593 g/mol. The molecule has 0 heterocycles. The van der Waals surface area contributed by atoms with Crippen LogP contribution in [0.3, 0.4) is 0 Å². The second-order valence-electron chi connectivity index (χ2n) is 7.79. The van der Waals surface area contributed by atoms with Crippen LogP contribution in [0, 0.1) is 0 Å². The fourth-order valence-corrected chi connectivity index (χ4v) is 4.82. The SMILES string of the molecule is CCCCNC(=O)C(C)N(Cc1c(Cl)cccc1Cl)C(=O)CN(c1ccc(Br)cc1)S(C)(=O)=O. The highest BCUT2D eigenvalue weighted by molar-refractivity contribution is 9.10. The molecule has 2 amide bonds. The molecule has 0 fully saturated rings. The first-order valence-electron chi connectivity index (χ1n) is 10.7. The molecule has 2 aromatic rings. The lowest BCUT2D eigenvalue weighted by atomic mass is 10.1. The van der Waals surface area contributed by atoms with Gasteiger partial charge in [0.05, 0.1) is 11.9 Å². The number of carbonyl (C=O) groups is 2. The topological polar surface area (TPSA) is 86.8 Å². The summed E-state index contributed by atoms with van der Waals surface area (Å²) < 4.78 is 26.9. The van der Waals surface area contributed by atoms with Crippen molar-refractivity contribution in [3.8, 4) is 0 Å². The number of anilines is 1. The van der Waals surface area contributed by atoms with Crippen LogP contribution in [0.15, 0.2) is 46.9 Å². The van der Waals surface area contributed by atoms with Crippen molar-refractivity contribution >= 4 is 66.7 Å². The Morgan fingerprint density at radius 3 is 2.21 bits per heavy atom. The van der Waals surface area contributed by atoms with E-state index in [1.54, 1.807) is 49.4 Å². The summed E-state index contributed by atoms with van der Waals surface area (Å²) in [6.45, 7) is 3.52. The van der Waals surface area contributed by atoms with Gasteiger partial charge in [0.25, 0.3) is 0 Å². The van der Waals surface area contributed by atoms with Gasteiger partial charge < -0.3 is 10.2 Å². The van der Waals surface area contributed by atoms with E-state index in [0.29, 0.717) is 27.8 Å². The van der Waals surface area contributed by atoms with E-state index < -0.39 is 28.5 Å². The van der Waals surface area contributed by atoms with Gasteiger partial charge in [-0.25, -0.2) is 8.42 Å². The fraction of sp³-hybridized carbons (Fsp3) is 0.391. The number of halogens is 3. The van der Waals surface area contributed by atoms with Gasteiger partial charge in [0.1, 0.15) is 12.6 Å². The van der Waals surface area contributed by atoms with Crippen molar-refractivity contribution in [1.29, 1.82) is 0 Å². The highest BCUT2D eigenvalue weighted by atomic mass is 79.9. The summed E-state index contributed by atoms with van der Waals surface area (Å²) >= 11 is 16.0. The molecule has 11 heteroatoms. The zero-order valence-electron chi connectivity index (χ0n) is 19.2. The molecule has 1 unspecified atom stereocenters. The molecule has 0 saturated heterocycles. The third-order valence-corrected chi connectivity index (χ3v) is 7.56. The number of nitrogens with zero attached hydrogens (tertiary/aromatic N) is 2. The number of unbranched alkanes of at least 4 members (excludes halogenated alkanes) is 1. The Hall–Kier alpha value is -1.81. The number of nitrogens with one attached hydrogen (secondary N) is 1. The molecule has 0 radical (unpaired) electrons. The first-order valence-corrected chi connectivity index (χ1v) is 14.1. The van der Waals surface area contributed by atoms with Crippen molar-refractivity contribution in [2.24, 2.45) is 0 Å². The number of hydrogen-bond donors (Lipinski definition) is 1. The molecule has 0 saturated carbocycles. The summed E-state index contributed by atoms with van der Waals surface area (Å²) in [5, 5.41) is 3.51. The Bertz CT molecular complexity index is 1090. The number of hydrogen-bond acceptors (Lipinski definition) is 4. The Balaban J connectivity index is 2.39. The predicted octanol–water partition coefficient (Wildman–Crippen LogP) is 4.86. The quantitative estimate of drug-likeness (QED) is 0.378. The summed E-state index contributed by atoms with van der Waals surface area (Å²) in [4.78, 5) is 27.6. The molecule has 1 atom stereocenters. The molecule has 0 aliphatic carbocycles. The van der Waals surface area contributed by atoms with Crippen LogP contribution >= 0.6 is 39.1 Å². The average Bonchev–Trinajstić information content (AvgIpc) is 2.77. The minimum absolute atomic E-state index is 0.0579. The first kappa shape index (κ1) is 28.4. The van der Waals surface area contributed by atoms with Crippen LogP contribution < -0.4 is 9.62 Å². The highest BCUT2D eigenvalue weighted by Gasteiger charge is 2.30. The molecule has 2 rings (SSSR count). The second kappa shape index (κ2) is 12.8. The van der Waals surface area contributed by atoms with Gasteiger partial charge in [-0.05, 0) is 49.7 Å². The van der Waals surface area contributed by atoms with Crippen molar-refractivity contribution in [1.82, 2.24) is 10.2 Å². The summed E-state index contributed by atoms with van der Waals surface area (Å²) in [7, 11) is -3.79. The van der Waals surface area contributed by atoms with Crippen molar-refractivity contribution in [3.05, 3.63) is 62.5 Å². The van der Waals surface area contributed by atoms with Crippen LogP contribution in [0.25, 0.3) is 0 Å². The summed E-state index contributed by atoms with van der Waals surface area (Å²) in [6, 6.07) is 10.6. The maximum absolute atomic E-state index is 13.5. The van der Waals surface area contributed by atoms with E-state index in [9.17, 15) is 18.0 Å². The standard InChI is InChI=1S/C23H28BrCl2N3O4S/c1-4-5-13-27-23(31)16(2)28(14-19-20(25)7-6-8-21(19)26)22(30)15-29(34(3,32)33)18-11-9-17(24)10-12-18/h6-12,16H,4-5,13-15H2,1-3H3,(H,27,31). The molecule has 2 aromatic carbocycles. The smallest absolute Gasteiger partial charge is 0.244 e. The molecular weight excluding hydrogens is 565 g/mol. The fourth-order valence-electron chi connectivity index (χ4n) is 3.19. The number of carbonyl (C=O) groups excluding carboxylic acids is 2. The van der Waals surface area contributed by atoms with Crippen LogP contribution in [0.2, 0.25) is 10.0 Å². The van der Waals surface area contributed by atoms with Crippen LogP contribution in [-0.4, -0.2) is 50.5 Å². The van der Waals surface area contributed by atoms with Crippen LogP contribution in [0.1, 0.15) is 32.3 Å². The van der Waals surface area contributed by atoms with E-state index >= 15 is 0 Å². The molecule has 0 spiro atoms. The lowest BCUT2D eigenvalue weighted by Gasteiger charge is -2.32. The molecule has 0 aliphatic heterocycles. The molecule has 0 bridgehead atoms. The Morgan fingerprint density at radius 1 is 1.09 bits per heavy atom. The monoisotopic (exact) mass is 591 g/mol. The lowest BCUT2D eigenvalue weighted by Crippen LogP contribution is -2.51. The Labute approximate surface area is 219 Å². The molecule has 186 valence electrons. The zero-order valence-corrected chi connectivity index (χ0v) is 23.1. The second-order valence-corrected chi connectivity index (χ2v) is 11.4. The van der Waals surface area contributed by atoms with E-state index in [2.05, 4.69) is 21.2 Å². The molecular formula is C23H28BrCl2N3O4S. The molecule has 34 heavy (non-hydrogen) atoms. The molecule has 7 nitrogen and oxygen atoms in total. The minimum Gasteiger partial charge on any atom is -0.354 e. The number of sulfonamides is 1. The van der Waals surface area contributed by atoms with Gasteiger partial charge in [-0.1, -0.05) is 58.5 Å². The third kappa shape index (κ3) is 7.86. The van der Waals surface area contributed by atoms with E-state index in [1.165, 1.54) is 4.90 Å². The van der Waals surface area contributed by atoms with Gasteiger partial charge in [0, 0.05) is 33.2 Å². The maximum Gasteiger partial charge on any atom is 0.244 e. The predicted molar refractivity (Wildman–Crippen MR) is 141 cm³/mol. The van der Waals surface area contributed by atoms with Gasteiger partial charge in [0.15, 0.2) is 0 Å². The van der Waals surface area contributed by atoms with Crippen LogP contribution in [-0.2, 0) is 26.2 Å². The molecule has 0 aliphatic rings. The van der Waals surface area contributed by atoms with Crippen molar-refractivity contribution in [2.75, 3.05) is 23.7 Å². The maximum atomic E-state index is 13.5. The number of amides is 2. The van der Waals surface area contributed by atoms with E-state index in [4.69, 9.17) is 23.2 Å². The first-order chi connectivity index (χ1) is 16.0. The molecule has 0 aromatic heterocycles. The van der Waals surface area contributed by atoms with Gasteiger partial charge >= 0.3 is 0 Å². The van der Waals surface area contributed by atoms with E-state index in [0.717, 1.165) is 27.9 Å². The Morgan fingerprint density at radius 2 is 1.68 bits per heavy atom. The number of benzene rings is 2. The highest BCUT2D eigenvalue weighted by Crippen LogP contribution is 2.27. The summed E-state index contributed by atoms with van der Waals surface area (Å²) in [6.07, 6.45) is 2.73. The lowest BCUT2D eigenvalue weighted by molar-refractivity contribution is -0.139. The van der Waals surface area contributed by atoms with Gasteiger partial charge in [-0.3, -0.25) is 13.9 Å².